The van der Waals surface area contributed by atoms with E-state index in [2.05, 4.69) is 21.0 Å². The summed E-state index contributed by atoms with van der Waals surface area (Å²) < 4.78 is 2.97. The van der Waals surface area contributed by atoms with Crippen molar-refractivity contribution < 1.29 is 9.59 Å². The summed E-state index contributed by atoms with van der Waals surface area (Å²) in [6.07, 6.45) is 0.0220. The molecule has 2 aromatic heterocycles. The maximum Gasteiger partial charge on any atom is 0.290 e. The molecule has 2 amide bonds. The maximum atomic E-state index is 12.8. The summed E-state index contributed by atoms with van der Waals surface area (Å²) in [5.41, 5.74) is 7.72. The van der Waals surface area contributed by atoms with Gasteiger partial charge in [-0.1, -0.05) is 29.8 Å². The van der Waals surface area contributed by atoms with Gasteiger partial charge in [-0.05, 0) is 51.1 Å². The molecule has 2 heterocycles. The number of halogens is 1. The van der Waals surface area contributed by atoms with Crippen LogP contribution in [0.1, 0.15) is 34.4 Å². The van der Waals surface area contributed by atoms with Crippen LogP contribution in [0.3, 0.4) is 0 Å². The lowest BCUT2D eigenvalue weighted by atomic mass is 10.1. The fourth-order valence-electron chi connectivity index (χ4n) is 3.77. The third-order valence-corrected chi connectivity index (χ3v) is 5.80. The van der Waals surface area contributed by atoms with Gasteiger partial charge in [-0.2, -0.15) is 10.2 Å². The molecular weight excluding hydrogens is 456 g/mol. The number of fused-ring (bicyclic) bond motifs is 1. The Morgan fingerprint density at radius 1 is 0.971 bits per heavy atom. The van der Waals surface area contributed by atoms with Crippen molar-refractivity contribution in [2.75, 3.05) is 0 Å². The first kappa shape index (κ1) is 23.2. The average Bonchev–Trinajstić information content (AvgIpc) is 3.11. The zero-order chi connectivity index (χ0) is 24.4. The van der Waals surface area contributed by atoms with Gasteiger partial charge in [0.15, 0.2) is 5.69 Å². The van der Waals surface area contributed by atoms with Crippen molar-refractivity contribution in [2.24, 2.45) is 0 Å². The first-order valence-electron chi connectivity index (χ1n) is 10.7. The van der Waals surface area contributed by atoms with E-state index in [1.807, 2.05) is 26.0 Å². The van der Waals surface area contributed by atoms with Crippen molar-refractivity contribution in [1.82, 2.24) is 30.4 Å². The van der Waals surface area contributed by atoms with Crippen LogP contribution in [-0.2, 0) is 17.8 Å². The third-order valence-electron chi connectivity index (χ3n) is 5.55. The van der Waals surface area contributed by atoms with E-state index in [0.29, 0.717) is 28.0 Å². The second-order valence-electron chi connectivity index (χ2n) is 7.73. The lowest BCUT2D eigenvalue weighted by molar-refractivity contribution is -0.121. The lowest BCUT2D eigenvalue weighted by Gasteiger charge is -2.11. The van der Waals surface area contributed by atoms with Crippen LogP contribution >= 0.6 is 11.6 Å². The highest BCUT2D eigenvalue weighted by Crippen LogP contribution is 2.20. The normalized spacial score (nSPS) is 10.9. The molecule has 9 nitrogen and oxygen atoms in total. The van der Waals surface area contributed by atoms with Crippen LogP contribution in [0.25, 0.3) is 16.5 Å². The number of hydrogen-bond acceptors (Lipinski definition) is 5. The van der Waals surface area contributed by atoms with Gasteiger partial charge in [0.1, 0.15) is 0 Å². The molecule has 10 heteroatoms. The third kappa shape index (κ3) is 4.42. The van der Waals surface area contributed by atoms with E-state index < -0.39 is 11.8 Å². The quantitative estimate of drug-likeness (QED) is 0.428. The summed E-state index contributed by atoms with van der Waals surface area (Å²) in [6.45, 7) is 5.78. The minimum absolute atomic E-state index is 0.0220. The summed E-state index contributed by atoms with van der Waals surface area (Å²) in [4.78, 5) is 37.9. The summed E-state index contributed by atoms with van der Waals surface area (Å²) in [7, 11) is 0. The number of rotatable bonds is 5. The second kappa shape index (κ2) is 9.48. The van der Waals surface area contributed by atoms with Gasteiger partial charge in [0, 0.05) is 28.2 Å². The number of aryl methyl sites for hydroxylation is 2. The van der Waals surface area contributed by atoms with Gasteiger partial charge in [0.05, 0.1) is 23.2 Å². The summed E-state index contributed by atoms with van der Waals surface area (Å²) >= 11 is 5.97. The molecule has 0 radical (unpaired) electrons. The fraction of sp³-hybridized carbons (Fsp3) is 0.208. The molecule has 174 valence electrons. The van der Waals surface area contributed by atoms with Crippen LogP contribution in [0.15, 0.2) is 53.3 Å². The highest BCUT2D eigenvalue weighted by atomic mass is 35.5. The SMILES string of the molecule is CCn1nc(C(=O)NNC(=O)Cc2c(C)nn(-c3ccc(Cl)cc3)c2C)c2ccccc2c1=O. The first-order chi connectivity index (χ1) is 16.3. The Balaban J connectivity index is 1.50. The zero-order valence-corrected chi connectivity index (χ0v) is 19.7. The van der Waals surface area contributed by atoms with Crippen LogP contribution in [0, 0.1) is 13.8 Å². The molecule has 2 aromatic carbocycles. The van der Waals surface area contributed by atoms with Crippen LogP contribution in [0.5, 0.6) is 0 Å². The van der Waals surface area contributed by atoms with Gasteiger partial charge >= 0.3 is 0 Å². The average molecular weight is 479 g/mol. The van der Waals surface area contributed by atoms with E-state index in [1.165, 1.54) is 4.68 Å². The van der Waals surface area contributed by atoms with E-state index in [1.54, 1.807) is 48.0 Å². The van der Waals surface area contributed by atoms with Crippen molar-refractivity contribution >= 4 is 34.2 Å². The standard InChI is InChI=1S/C24H23ClN6O3/c1-4-30-24(34)19-8-6-5-7-18(19)22(29-30)23(33)27-26-21(32)13-20-14(2)28-31(15(20)3)17-11-9-16(25)10-12-17/h5-12H,4,13H2,1-3H3,(H,26,32)(H,27,33). The molecule has 4 rings (SSSR count). The number of nitrogens with zero attached hydrogens (tertiary/aromatic N) is 4. The number of carbonyl (C=O) groups is 2. The molecule has 0 atom stereocenters. The van der Waals surface area contributed by atoms with Crippen molar-refractivity contribution in [1.29, 1.82) is 0 Å². The first-order valence-corrected chi connectivity index (χ1v) is 11.1. The zero-order valence-electron chi connectivity index (χ0n) is 18.9. The minimum atomic E-state index is -0.614. The maximum absolute atomic E-state index is 12.8. The number of nitrogens with one attached hydrogen (secondary N) is 2. The van der Waals surface area contributed by atoms with Crippen LogP contribution in [0.4, 0.5) is 0 Å². The van der Waals surface area contributed by atoms with Crippen molar-refractivity contribution in [2.45, 2.75) is 33.7 Å². The van der Waals surface area contributed by atoms with E-state index >= 15 is 0 Å². The molecule has 34 heavy (non-hydrogen) atoms. The fourth-order valence-corrected chi connectivity index (χ4v) is 3.90. The van der Waals surface area contributed by atoms with E-state index in [4.69, 9.17) is 11.6 Å². The predicted molar refractivity (Wildman–Crippen MR) is 129 cm³/mol. The smallest absolute Gasteiger partial charge is 0.273 e. The van der Waals surface area contributed by atoms with E-state index in [9.17, 15) is 14.4 Å². The van der Waals surface area contributed by atoms with Gasteiger partial charge in [-0.25, -0.2) is 9.36 Å². The predicted octanol–water partition coefficient (Wildman–Crippen LogP) is 2.88. The Morgan fingerprint density at radius 3 is 2.32 bits per heavy atom. The lowest BCUT2D eigenvalue weighted by Crippen LogP contribution is -2.43. The molecule has 0 saturated heterocycles. The van der Waals surface area contributed by atoms with Gasteiger partial charge in [-0.15, -0.1) is 0 Å². The monoisotopic (exact) mass is 478 g/mol. The van der Waals surface area contributed by atoms with Crippen molar-refractivity contribution in [3.8, 4) is 5.69 Å². The van der Waals surface area contributed by atoms with Gasteiger partial charge in [0.2, 0.25) is 5.91 Å². The summed E-state index contributed by atoms with van der Waals surface area (Å²) in [5.74, 6) is -1.03. The molecule has 0 saturated carbocycles. The van der Waals surface area contributed by atoms with Crippen molar-refractivity contribution in [3.05, 3.63) is 86.6 Å². The second-order valence-corrected chi connectivity index (χ2v) is 8.17. The topological polar surface area (TPSA) is 111 Å². The molecule has 4 aromatic rings. The minimum Gasteiger partial charge on any atom is -0.273 e. The molecular formula is C24H23ClN6O3. The van der Waals surface area contributed by atoms with Crippen LogP contribution in [-0.4, -0.2) is 31.4 Å². The molecule has 0 spiro atoms. The number of amides is 2. The van der Waals surface area contributed by atoms with E-state index in [-0.39, 0.29) is 17.7 Å². The van der Waals surface area contributed by atoms with Crippen molar-refractivity contribution in [3.63, 3.8) is 0 Å². The van der Waals surface area contributed by atoms with Gasteiger partial charge in [0.25, 0.3) is 11.5 Å². The number of benzene rings is 2. The molecule has 0 bridgehead atoms. The number of carbonyl (C=O) groups excluding carboxylic acids is 2. The van der Waals surface area contributed by atoms with Gasteiger partial charge < -0.3 is 0 Å². The number of hydrogen-bond donors (Lipinski definition) is 2. The Hall–Kier alpha value is -3.98. The summed E-state index contributed by atoms with van der Waals surface area (Å²) in [5, 5.41) is 10.1. The molecule has 0 aliphatic heterocycles. The van der Waals surface area contributed by atoms with Crippen LogP contribution in [0.2, 0.25) is 5.02 Å². The Morgan fingerprint density at radius 2 is 1.65 bits per heavy atom. The molecule has 2 N–H and O–H groups in total. The Bertz CT molecular complexity index is 1460. The Labute approximate surface area is 200 Å². The molecule has 0 aliphatic rings. The molecule has 0 fully saturated rings. The molecule has 0 aliphatic carbocycles. The largest absolute Gasteiger partial charge is 0.290 e. The van der Waals surface area contributed by atoms with Crippen LogP contribution < -0.4 is 16.4 Å². The molecule has 0 unspecified atom stereocenters. The highest BCUT2D eigenvalue weighted by Gasteiger charge is 2.19. The Kier molecular flexibility index (Phi) is 6.47. The summed E-state index contributed by atoms with van der Waals surface area (Å²) in [6, 6.07) is 14.0. The highest BCUT2D eigenvalue weighted by molar-refractivity contribution is 6.30. The van der Waals surface area contributed by atoms with E-state index in [0.717, 1.165) is 16.9 Å². The number of aromatic nitrogens is 4. The number of hydrazine groups is 1. The van der Waals surface area contributed by atoms with Gasteiger partial charge in [-0.3, -0.25) is 25.2 Å².